The monoisotopic (exact) mass is 641 g/mol. The van der Waals surface area contributed by atoms with E-state index in [0.29, 0.717) is 0 Å². The van der Waals surface area contributed by atoms with E-state index in [1.165, 1.54) is 70.2 Å². The van der Waals surface area contributed by atoms with E-state index in [1.807, 2.05) is 17.4 Å². The van der Waals surface area contributed by atoms with Crippen molar-refractivity contribution in [1.29, 1.82) is 0 Å². The highest BCUT2D eigenvalue weighted by Crippen LogP contribution is 2.53. The van der Waals surface area contributed by atoms with Gasteiger partial charge in [-0.1, -0.05) is 109 Å². The first-order chi connectivity index (χ1) is 24.3. The summed E-state index contributed by atoms with van der Waals surface area (Å²) in [5.74, 6) is 0. The van der Waals surface area contributed by atoms with Gasteiger partial charge in [-0.15, -0.1) is 11.3 Å². The molecule has 0 spiro atoms. The molecule has 0 radical (unpaired) electrons. The van der Waals surface area contributed by atoms with Crippen molar-refractivity contribution in [2.24, 2.45) is 0 Å². The van der Waals surface area contributed by atoms with Crippen LogP contribution in [0, 0.1) is 0 Å². The maximum Gasteiger partial charge on any atom is 0.136 e. The molecule has 10 aromatic rings. The number of hydrogen-bond donors (Lipinski definition) is 0. The second-order valence-corrected chi connectivity index (χ2v) is 14.1. The van der Waals surface area contributed by atoms with E-state index in [0.717, 1.165) is 45.0 Å². The number of aromatic nitrogens is 1. The summed E-state index contributed by atoms with van der Waals surface area (Å²) in [5, 5.41) is 6.00. The molecule has 0 aliphatic heterocycles. The number of pyridine rings is 1. The van der Waals surface area contributed by atoms with Gasteiger partial charge in [-0.2, -0.15) is 0 Å². The molecule has 7 aromatic carbocycles. The predicted molar refractivity (Wildman–Crippen MR) is 206 cm³/mol. The van der Waals surface area contributed by atoms with Gasteiger partial charge in [-0.25, -0.2) is 4.98 Å². The van der Waals surface area contributed by atoms with Gasteiger partial charge in [0.1, 0.15) is 11.2 Å². The Morgan fingerprint density at radius 3 is 2.20 bits per heavy atom. The van der Waals surface area contributed by atoms with Crippen molar-refractivity contribution in [2.45, 2.75) is 6.42 Å². The van der Waals surface area contributed by atoms with Crippen LogP contribution in [0.15, 0.2) is 156 Å². The largest absolute Gasteiger partial charge is 0.456 e. The molecule has 0 bridgehead atoms. The van der Waals surface area contributed by atoms with E-state index < -0.39 is 0 Å². The van der Waals surface area contributed by atoms with Crippen molar-refractivity contribution in [3.8, 4) is 44.6 Å². The maximum absolute atomic E-state index is 6.48. The summed E-state index contributed by atoms with van der Waals surface area (Å²) in [6, 6.07) is 54.8. The molecule has 0 saturated heterocycles. The van der Waals surface area contributed by atoms with E-state index in [9.17, 15) is 0 Å². The molecule has 49 heavy (non-hydrogen) atoms. The van der Waals surface area contributed by atoms with Crippen LogP contribution in [-0.2, 0) is 6.42 Å². The fourth-order valence-electron chi connectivity index (χ4n) is 8.24. The van der Waals surface area contributed by atoms with Crippen LogP contribution in [0.5, 0.6) is 0 Å². The summed E-state index contributed by atoms with van der Waals surface area (Å²) >= 11 is 1.87. The van der Waals surface area contributed by atoms with Crippen LogP contribution in [0.1, 0.15) is 11.1 Å². The first-order valence-corrected chi connectivity index (χ1v) is 17.6. The van der Waals surface area contributed by atoms with E-state index in [-0.39, 0.29) is 0 Å². The zero-order valence-corrected chi connectivity index (χ0v) is 27.2. The molecule has 2 nitrogen and oxygen atoms in total. The molecule has 0 amide bonds. The number of fused-ring (bicyclic) bond motifs is 10. The quantitative estimate of drug-likeness (QED) is 0.192. The lowest BCUT2D eigenvalue weighted by atomic mass is 9.81. The van der Waals surface area contributed by atoms with Crippen molar-refractivity contribution < 1.29 is 4.42 Å². The predicted octanol–water partition coefficient (Wildman–Crippen LogP) is 13.1. The normalized spacial score (nSPS) is 12.4. The Kier molecular flexibility index (Phi) is 5.63. The molecule has 0 atom stereocenters. The highest BCUT2D eigenvalue weighted by Gasteiger charge is 2.30. The van der Waals surface area contributed by atoms with Crippen LogP contribution < -0.4 is 0 Å². The molecule has 1 aliphatic carbocycles. The van der Waals surface area contributed by atoms with Gasteiger partial charge in [0.15, 0.2) is 0 Å². The van der Waals surface area contributed by atoms with Crippen LogP contribution in [-0.4, -0.2) is 4.98 Å². The molecule has 228 valence electrons. The fourth-order valence-corrected chi connectivity index (χ4v) is 9.37. The van der Waals surface area contributed by atoms with Gasteiger partial charge in [0.2, 0.25) is 0 Å². The number of hydrogen-bond acceptors (Lipinski definition) is 3. The van der Waals surface area contributed by atoms with Gasteiger partial charge < -0.3 is 4.42 Å². The van der Waals surface area contributed by atoms with Gasteiger partial charge >= 0.3 is 0 Å². The Morgan fingerprint density at radius 1 is 0.490 bits per heavy atom. The SMILES string of the molecule is c1ccc2c(c1)Cc1c-2cc(-c2cccc3oc4ccccc4c23)c(-c2cccc3sc4ccccc4c23)c1-c1ccc2ccccc2n1. The topological polar surface area (TPSA) is 26.0 Å². The third kappa shape index (κ3) is 3.91. The van der Waals surface area contributed by atoms with Crippen LogP contribution in [0.2, 0.25) is 0 Å². The third-order valence-electron chi connectivity index (χ3n) is 10.3. The van der Waals surface area contributed by atoms with Crippen molar-refractivity contribution in [2.75, 3.05) is 0 Å². The number of nitrogens with zero attached hydrogens (tertiary/aromatic N) is 1. The van der Waals surface area contributed by atoms with E-state index in [2.05, 4.69) is 146 Å². The number of furan rings is 1. The summed E-state index contributed by atoms with van der Waals surface area (Å²) < 4.78 is 9.07. The second kappa shape index (κ2) is 10.2. The van der Waals surface area contributed by atoms with Crippen molar-refractivity contribution in [3.05, 3.63) is 163 Å². The first kappa shape index (κ1) is 27.0. The summed E-state index contributed by atoms with van der Waals surface area (Å²) in [4.78, 5) is 5.42. The Balaban J connectivity index is 1.37. The van der Waals surface area contributed by atoms with Crippen molar-refractivity contribution in [3.63, 3.8) is 0 Å². The molecule has 3 heteroatoms. The van der Waals surface area contributed by atoms with E-state index >= 15 is 0 Å². The fraction of sp³-hybridized carbons (Fsp3) is 0.0217. The Hall–Kier alpha value is -6.03. The summed E-state index contributed by atoms with van der Waals surface area (Å²) in [6.45, 7) is 0. The van der Waals surface area contributed by atoms with Crippen LogP contribution >= 0.6 is 11.3 Å². The summed E-state index contributed by atoms with van der Waals surface area (Å²) in [7, 11) is 0. The molecule has 3 aromatic heterocycles. The Bertz CT molecular complexity index is 2980. The Morgan fingerprint density at radius 2 is 1.22 bits per heavy atom. The van der Waals surface area contributed by atoms with Crippen LogP contribution in [0.4, 0.5) is 0 Å². The number of benzene rings is 7. The van der Waals surface area contributed by atoms with E-state index in [1.54, 1.807) is 0 Å². The van der Waals surface area contributed by atoms with Crippen molar-refractivity contribution >= 4 is 64.4 Å². The lowest BCUT2D eigenvalue weighted by Crippen LogP contribution is -1.99. The third-order valence-corrected chi connectivity index (χ3v) is 11.5. The molecular formula is C46H27NOS. The number of para-hydroxylation sites is 2. The molecule has 11 rings (SSSR count). The molecule has 0 saturated carbocycles. The molecule has 0 N–H and O–H groups in total. The average Bonchev–Trinajstić information content (AvgIpc) is 3.85. The number of thiophene rings is 1. The second-order valence-electron chi connectivity index (χ2n) is 13.0. The molecule has 0 unspecified atom stereocenters. The highest BCUT2D eigenvalue weighted by atomic mass is 32.1. The lowest BCUT2D eigenvalue weighted by Gasteiger charge is -2.22. The minimum Gasteiger partial charge on any atom is -0.456 e. The van der Waals surface area contributed by atoms with Crippen LogP contribution in [0.3, 0.4) is 0 Å². The summed E-state index contributed by atoms with van der Waals surface area (Å²) in [6.07, 6.45) is 0.863. The lowest BCUT2D eigenvalue weighted by molar-refractivity contribution is 0.669. The molecular weight excluding hydrogens is 615 g/mol. The summed E-state index contributed by atoms with van der Waals surface area (Å²) in [5.41, 5.74) is 15.1. The highest BCUT2D eigenvalue weighted by molar-refractivity contribution is 7.25. The average molecular weight is 642 g/mol. The standard InChI is InChI=1S/C46H27NOS/c1-3-13-29-28(12-1)25-35-34(29)26-36(30-16-9-20-40-43(30)31-14-4-7-19-39(31)48-40)45(46(35)38-24-23-27-11-2-6-18-37(27)47-38)33-17-10-22-42-44(33)32-15-5-8-21-41(32)49-42/h1-24,26H,25H2. The van der Waals surface area contributed by atoms with Crippen LogP contribution in [0.25, 0.3) is 97.7 Å². The maximum atomic E-state index is 6.48. The van der Waals surface area contributed by atoms with Gasteiger partial charge in [-0.3, -0.25) is 0 Å². The minimum atomic E-state index is 0.863. The number of rotatable bonds is 3. The smallest absolute Gasteiger partial charge is 0.136 e. The van der Waals surface area contributed by atoms with Gasteiger partial charge in [0, 0.05) is 41.9 Å². The Labute approximate surface area is 286 Å². The van der Waals surface area contributed by atoms with Gasteiger partial charge in [-0.05, 0) is 93.4 Å². The zero-order valence-electron chi connectivity index (χ0n) is 26.4. The van der Waals surface area contributed by atoms with Gasteiger partial charge in [0.25, 0.3) is 0 Å². The molecule has 1 aliphatic rings. The minimum absolute atomic E-state index is 0.863. The van der Waals surface area contributed by atoms with E-state index in [4.69, 9.17) is 9.40 Å². The van der Waals surface area contributed by atoms with Crippen molar-refractivity contribution in [1.82, 2.24) is 4.98 Å². The molecule has 0 fully saturated rings. The zero-order chi connectivity index (χ0) is 32.1. The first-order valence-electron chi connectivity index (χ1n) is 16.8. The van der Waals surface area contributed by atoms with Gasteiger partial charge in [0.05, 0.1) is 11.2 Å². The molecule has 3 heterocycles.